The Morgan fingerprint density at radius 1 is 1.30 bits per heavy atom. The highest BCUT2D eigenvalue weighted by Crippen LogP contribution is 2.45. The van der Waals surface area contributed by atoms with Crippen molar-refractivity contribution in [2.45, 2.75) is 25.7 Å². The van der Waals surface area contributed by atoms with Crippen molar-refractivity contribution in [2.24, 2.45) is 17.8 Å². The number of fused-ring (bicyclic) bond motifs is 2. The van der Waals surface area contributed by atoms with Gasteiger partial charge in [-0.2, -0.15) is 0 Å². The molecule has 0 heterocycles. The van der Waals surface area contributed by atoms with Crippen LogP contribution in [0, 0.1) is 24.7 Å². The predicted molar refractivity (Wildman–Crippen MR) is 43.4 cm³/mol. The lowest BCUT2D eigenvalue weighted by molar-refractivity contribution is 0.419. The Kier molecular flexibility index (Phi) is 1.55. The number of hydrogen-bond acceptors (Lipinski definition) is 0. The van der Waals surface area contributed by atoms with E-state index in [0.717, 1.165) is 24.2 Å². The van der Waals surface area contributed by atoms with Crippen LogP contribution < -0.4 is 0 Å². The van der Waals surface area contributed by atoms with Gasteiger partial charge in [-0.3, -0.25) is 0 Å². The molecule has 1 radical (unpaired) electrons. The molecule has 0 nitrogen and oxygen atoms in total. The van der Waals surface area contributed by atoms with Crippen molar-refractivity contribution in [3.63, 3.8) is 0 Å². The van der Waals surface area contributed by atoms with Gasteiger partial charge in [0.1, 0.15) is 0 Å². The van der Waals surface area contributed by atoms with Crippen LogP contribution in [0.1, 0.15) is 25.7 Å². The van der Waals surface area contributed by atoms with Crippen molar-refractivity contribution >= 4 is 0 Å². The van der Waals surface area contributed by atoms with Crippen LogP contribution in [-0.4, -0.2) is 0 Å². The standard InChI is InChI=1S/C10H15/c1-2-3-9-6-8-4-5-10(9)7-8/h4-5,8-10H,1-3,6-7H2. The van der Waals surface area contributed by atoms with Gasteiger partial charge in [0.15, 0.2) is 0 Å². The summed E-state index contributed by atoms with van der Waals surface area (Å²) in [4.78, 5) is 0. The van der Waals surface area contributed by atoms with Crippen molar-refractivity contribution in [3.8, 4) is 0 Å². The van der Waals surface area contributed by atoms with Crippen molar-refractivity contribution in [1.82, 2.24) is 0 Å². The van der Waals surface area contributed by atoms with E-state index in [9.17, 15) is 0 Å². The molecule has 0 heteroatoms. The Morgan fingerprint density at radius 3 is 2.70 bits per heavy atom. The van der Waals surface area contributed by atoms with Crippen LogP contribution in [0.15, 0.2) is 12.2 Å². The number of allylic oxidation sites excluding steroid dienone is 2. The third-order valence-corrected chi connectivity index (χ3v) is 2.99. The van der Waals surface area contributed by atoms with Gasteiger partial charge in [0.2, 0.25) is 0 Å². The van der Waals surface area contributed by atoms with Gasteiger partial charge in [-0.25, -0.2) is 0 Å². The average molecular weight is 135 g/mol. The Labute approximate surface area is 63.3 Å². The summed E-state index contributed by atoms with van der Waals surface area (Å²) < 4.78 is 0. The molecule has 55 valence electrons. The molecule has 2 bridgehead atoms. The molecular formula is C10H15. The average Bonchev–Trinajstić information content (AvgIpc) is 2.48. The fourth-order valence-electron chi connectivity index (χ4n) is 2.49. The monoisotopic (exact) mass is 135 g/mol. The van der Waals surface area contributed by atoms with Gasteiger partial charge in [-0.1, -0.05) is 25.5 Å². The molecular weight excluding hydrogens is 120 g/mol. The van der Waals surface area contributed by atoms with E-state index in [1.807, 2.05) is 0 Å². The largest absolute Gasteiger partial charge is 0.0851 e. The summed E-state index contributed by atoms with van der Waals surface area (Å²) in [5, 5.41) is 0. The Bertz CT molecular complexity index is 146. The summed E-state index contributed by atoms with van der Waals surface area (Å²) >= 11 is 0. The summed E-state index contributed by atoms with van der Waals surface area (Å²) in [5.41, 5.74) is 0. The van der Waals surface area contributed by atoms with E-state index >= 15 is 0 Å². The van der Waals surface area contributed by atoms with E-state index in [-0.39, 0.29) is 0 Å². The lowest BCUT2D eigenvalue weighted by atomic mass is 9.90. The van der Waals surface area contributed by atoms with Gasteiger partial charge in [-0.05, 0) is 37.0 Å². The Morgan fingerprint density at radius 2 is 2.20 bits per heavy atom. The lowest BCUT2D eigenvalue weighted by Crippen LogP contribution is -2.05. The second-order valence-electron chi connectivity index (χ2n) is 3.68. The summed E-state index contributed by atoms with van der Waals surface area (Å²) in [6.07, 6.45) is 10.2. The fourth-order valence-corrected chi connectivity index (χ4v) is 2.49. The first kappa shape index (κ1) is 6.45. The van der Waals surface area contributed by atoms with E-state index < -0.39 is 0 Å². The molecule has 10 heavy (non-hydrogen) atoms. The molecule has 0 saturated heterocycles. The smallest absolute Gasteiger partial charge is 0.0199 e. The van der Waals surface area contributed by atoms with Crippen LogP contribution in [0.25, 0.3) is 0 Å². The maximum Gasteiger partial charge on any atom is -0.0199 e. The summed E-state index contributed by atoms with van der Waals surface area (Å²) in [5.74, 6) is 2.88. The fraction of sp³-hybridized carbons (Fsp3) is 0.700. The second kappa shape index (κ2) is 2.41. The van der Waals surface area contributed by atoms with E-state index in [0.29, 0.717) is 0 Å². The molecule has 2 aliphatic rings. The number of hydrogen-bond donors (Lipinski definition) is 0. The van der Waals surface area contributed by atoms with Crippen LogP contribution >= 0.6 is 0 Å². The zero-order valence-electron chi connectivity index (χ0n) is 6.42. The molecule has 2 rings (SSSR count). The molecule has 0 spiro atoms. The highest BCUT2D eigenvalue weighted by molar-refractivity contribution is 5.09. The lowest BCUT2D eigenvalue weighted by Gasteiger charge is -2.16. The summed E-state index contributed by atoms with van der Waals surface area (Å²) in [6, 6.07) is 0. The zero-order valence-corrected chi connectivity index (χ0v) is 6.42. The molecule has 2 aliphatic carbocycles. The van der Waals surface area contributed by atoms with Crippen molar-refractivity contribution < 1.29 is 0 Å². The van der Waals surface area contributed by atoms with Gasteiger partial charge in [-0.15, -0.1) is 0 Å². The van der Waals surface area contributed by atoms with E-state index in [2.05, 4.69) is 19.1 Å². The van der Waals surface area contributed by atoms with E-state index in [4.69, 9.17) is 0 Å². The van der Waals surface area contributed by atoms with Crippen LogP contribution in [-0.2, 0) is 0 Å². The van der Waals surface area contributed by atoms with Gasteiger partial charge in [0, 0.05) is 0 Å². The quantitative estimate of drug-likeness (QED) is 0.511. The molecule has 0 aromatic rings. The molecule has 0 aliphatic heterocycles. The predicted octanol–water partition coefficient (Wildman–Crippen LogP) is 2.81. The maximum absolute atomic E-state index is 3.91. The summed E-state index contributed by atoms with van der Waals surface area (Å²) in [7, 11) is 0. The van der Waals surface area contributed by atoms with Gasteiger partial charge in [0.05, 0.1) is 0 Å². The Hall–Kier alpha value is -0.260. The van der Waals surface area contributed by atoms with E-state index in [1.165, 1.54) is 19.3 Å². The van der Waals surface area contributed by atoms with Gasteiger partial charge >= 0.3 is 0 Å². The van der Waals surface area contributed by atoms with Gasteiger partial charge < -0.3 is 0 Å². The van der Waals surface area contributed by atoms with Crippen LogP contribution in [0.2, 0.25) is 0 Å². The highest BCUT2D eigenvalue weighted by Gasteiger charge is 2.34. The minimum absolute atomic E-state index is 0.937. The maximum atomic E-state index is 3.91. The zero-order chi connectivity index (χ0) is 6.97. The first-order valence-corrected chi connectivity index (χ1v) is 4.37. The van der Waals surface area contributed by atoms with Crippen LogP contribution in [0.4, 0.5) is 0 Å². The van der Waals surface area contributed by atoms with Crippen LogP contribution in [0.5, 0.6) is 0 Å². The molecule has 0 N–H and O–H groups in total. The Balaban J connectivity index is 1.96. The SMILES string of the molecule is [CH2]CCC1CC2C=CC1C2. The molecule has 3 unspecified atom stereocenters. The van der Waals surface area contributed by atoms with Crippen LogP contribution in [0.3, 0.4) is 0 Å². The molecule has 0 aromatic carbocycles. The molecule has 0 amide bonds. The van der Waals surface area contributed by atoms with Crippen molar-refractivity contribution in [2.75, 3.05) is 0 Å². The molecule has 3 atom stereocenters. The topological polar surface area (TPSA) is 0 Å². The second-order valence-corrected chi connectivity index (χ2v) is 3.68. The number of rotatable bonds is 2. The molecule has 1 saturated carbocycles. The highest BCUT2D eigenvalue weighted by atomic mass is 14.4. The van der Waals surface area contributed by atoms with Crippen molar-refractivity contribution in [1.29, 1.82) is 0 Å². The minimum atomic E-state index is 0.937. The third-order valence-electron chi connectivity index (χ3n) is 2.99. The normalized spacial score (nSPS) is 43.1. The summed E-state index contributed by atoms with van der Waals surface area (Å²) in [6.45, 7) is 3.91. The first-order valence-electron chi connectivity index (χ1n) is 4.37. The van der Waals surface area contributed by atoms with Gasteiger partial charge in [0.25, 0.3) is 0 Å². The molecule has 1 fully saturated rings. The third kappa shape index (κ3) is 0.902. The van der Waals surface area contributed by atoms with Crippen molar-refractivity contribution in [3.05, 3.63) is 19.1 Å². The molecule has 0 aromatic heterocycles. The van der Waals surface area contributed by atoms with E-state index in [1.54, 1.807) is 0 Å². The minimum Gasteiger partial charge on any atom is -0.0851 e. The first-order chi connectivity index (χ1) is 4.90.